The van der Waals surface area contributed by atoms with Crippen LogP contribution in [0.5, 0.6) is 0 Å². The second-order valence-corrected chi connectivity index (χ2v) is 8.80. The molecule has 0 saturated heterocycles. The number of quaternary nitrogens is 1. The van der Waals surface area contributed by atoms with E-state index in [1.54, 1.807) is 0 Å². The number of nitrogens with zero attached hydrogens (tertiary/aromatic N) is 1. The van der Waals surface area contributed by atoms with Crippen molar-refractivity contribution in [2.45, 2.75) is 70.3 Å². The Labute approximate surface area is 176 Å². The SMILES string of the molecule is C[N+](C)(C)C[C@@H](CC(=O)O)NC(=O)CCCCCCCCCc1ccccc1.N. The maximum Gasteiger partial charge on any atom is 0.305 e. The Morgan fingerprint density at radius 1 is 0.931 bits per heavy atom. The number of hydrogen-bond acceptors (Lipinski definition) is 3. The number of carboxylic acids is 1. The first-order valence-electron chi connectivity index (χ1n) is 10.6. The number of aliphatic carboxylic acids is 1. The zero-order valence-corrected chi connectivity index (χ0v) is 18.7. The molecule has 5 N–H and O–H groups in total. The number of rotatable bonds is 15. The summed E-state index contributed by atoms with van der Waals surface area (Å²) in [5.41, 5.74) is 1.42. The van der Waals surface area contributed by atoms with Crippen LogP contribution in [0.1, 0.15) is 63.4 Å². The summed E-state index contributed by atoms with van der Waals surface area (Å²) in [4.78, 5) is 23.1. The average Bonchev–Trinajstić information content (AvgIpc) is 2.59. The van der Waals surface area contributed by atoms with Gasteiger partial charge in [-0.25, -0.2) is 0 Å². The fourth-order valence-corrected chi connectivity index (χ4v) is 3.48. The normalized spacial score (nSPS) is 12.1. The zero-order chi connectivity index (χ0) is 20.8. The standard InChI is InChI=1S/C23H38N2O3.H3N/c1-25(2,3)19-21(18-23(27)28)24-22(26)17-13-8-6-4-5-7-10-14-20-15-11-9-12-16-20;/h9,11-12,15-16,21H,4-8,10,13-14,17-19H2,1-3H3,(H-,24,26,27,28);1H3/p+1/t21-;/m1./s1. The van der Waals surface area contributed by atoms with Crippen molar-refractivity contribution in [2.24, 2.45) is 0 Å². The van der Waals surface area contributed by atoms with Gasteiger partial charge in [0.15, 0.2) is 0 Å². The molecule has 0 spiro atoms. The van der Waals surface area contributed by atoms with Gasteiger partial charge >= 0.3 is 5.97 Å². The summed E-state index contributed by atoms with van der Waals surface area (Å²) in [5.74, 6) is -0.895. The summed E-state index contributed by atoms with van der Waals surface area (Å²) in [6.07, 6.45) is 9.70. The molecular weight excluding hydrogens is 366 g/mol. The molecule has 1 atom stereocenters. The number of carbonyl (C=O) groups excluding carboxylic acids is 1. The van der Waals surface area contributed by atoms with Gasteiger partial charge in [-0.15, -0.1) is 0 Å². The van der Waals surface area contributed by atoms with E-state index < -0.39 is 5.97 Å². The van der Waals surface area contributed by atoms with Gasteiger partial charge in [-0.1, -0.05) is 62.4 Å². The highest BCUT2D eigenvalue weighted by molar-refractivity contribution is 5.77. The van der Waals surface area contributed by atoms with Gasteiger partial charge in [0.2, 0.25) is 5.91 Å². The molecule has 0 aliphatic heterocycles. The molecule has 0 aromatic heterocycles. The van der Waals surface area contributed by atoms with Gasteiger partial charge in [0.05, 0.1) is 40.2 Å². The van der Waals surface area contributed by atoms with E-state index in [0.29, 0.717) is 17.4 Å². The van der Waals surface area contributed by atoms with E-state index >= 15 is 0 Å². The molecule has 0 radical (unpaired) electrons. The first-order valence-corrected chi connectivity index (χ1v) is 10.6. The van der Waals surface area contributed by atoms with E-state index in [2.05, 4.69) is 35.6 Å². The van der Waals surface area contributed by atoms with E-state index in [0.717, 1.165) is 25.7 Å². The average molecular weight is 409 g/mol. The highest BCUT2D eigenvalue weighted by Crippen LogP contribution is 2.11. The Balaban J connectivity index is 0.00000784. The van der Waals surface area contributed by atoms with Crippen molar-refractivity contribution in [1.29, 1.82) is 0 Å². The number of carboxylic acid groups (broad SMARTS) is 1. The molecule has 166 valence electrons. The van der Waals surface area contributed by atoms with Crippen LogP contribution in [0.3, 0.4) is 0 Å². The number of hydrogen-bond donors (Lipinski definition) is 3. The van der Waals surface area contributed by atoms with Gasteiger partial charge in [0.1, 0.15) is 0 Å². The van der Waals surface area contributed by atoms with E-state index in [1.807, 2.05) is 21.1 Å². The largest absolute Gasteiger partial charge is 0.481 e. The fourth-order valence-electron chi connectivity index (χ4n) is 3.48. The summed E-state index contributed by atoms with van der Waals surface area (Å²) in [6.45, 7) is 0.612. The number of benzene rings is 1. The Morgan fingerprint density at radius 3 is 2.03 bits per heavy atom. The molecule has 6 nitrogen and oxygen atoms in total. The van der Waals surface area contributed by atoms with E-state index in [1.165, 1.54) is 31.2 Å². The summed E-state index contributed by atoms with van der Waals surface area (Å²) >= 11 is 0. The molecular formula is C23H42N3O3+. The van der Waals surface area contributed by atoms with Crippen LogP contribution in [0.25, 0.3) is 0 Å². The lowest BCUT2D eigenvalue weighted by molar-refractivity contribution is -0.871. The molecule has 0 fully saturated rings. The number of likely N-dealkylation sites (N-methyl/N-ethyl adjacent to an activating group) is 1. The van der Waals surface area contributed by atoms with Crippen molar-refractivity contribution < 1.29 is 19.2 Å². The minimum atomic E-state index is -0.869. The smallest absolute Gasteiger partial charge is 0.305 e. The van der Waals surface area contributed by atoms with Crippen molar-refractivity contribution in [3.8, 4) is 0 Å². The predicted octanol–water partition coefficient (Wildman–Crippen LogP) is 4.18. The first-order chi connectivity index (χ1) is 13.3. The molecule has 0 aliphatic carbocycles. The molecule has 1 amide bonds. The molecule has 29 heavy (non-hydrogen) atoms. The second kappa shape index (κ2) is 15.0. The summed E-state index contributed by atoms with van der Waals surface area (Å²) < 4.78 is 0.627. The maximum atomic E-state index is 12.1. The molecule has 0 heterocycles. The van der Waals surface area contributed by atoms with Crippen molar-refractivity contribution >= 4 is 11.9 Å². The van der Waals surface area contributed by atoms with E-state index in [9.17, 15) is 9.59 Å². The molecule has 0 unspecified atom stereocenters. The van der Waals surface area contributed by atoms with Crippen molar-refractivity contribution in [3.63, 3.8) is 0 Å². The van der Waals surface area contributed by atoms with Gasteiger partial charge < -0.3 is 21.1 Å². The first kappa shape index (κ1) is 27.1. The van der Waals surface area contributed by atoms with Crippen LogP contribution in [0.2, 0.25) is 0 Å². The number of amides is 1. The molecule has 1 aromatic carbocycles. The molecule has 6 heteroatoms. The maximum absolute atomic E-state index is 12.1. The third-order valence-corrected chi connectivity index (χ3v) is 4.77. The number of unbranched alkanes of at least 4 members (excludes halogenated alkanes) is 6. The van der Waals surface area contributed by atoms with Crippen LogP contribution in [-0.4, -0.2) is 55.2 Å². The topological polar surface area (TPSA) is 101 Å². The third-order valence-electron chi connectivity index (χ3n) is 4.77. The Bertz CT molecular complexity index is 570. The van der Waals surface area contributed by atoms with Gasteiger partial charge in [-0.2, -0.15) is 0 Å². The van der Waals surface area contributed by atoms with Crippen LogP contribution < -0.4 is 11.5 Å². The number of nitrogens with one attached hydrogen (secondary N) is 1. The van der Waals surface area contributed by atoms with Crippen LogP contribution >= 0.6 is 0 Å². The van der Waals surface area contributed by atoms with Crippen molar-refractivity contribution in [1.82, 2.24) is 11.5 Å². The fraction of sp³-hybridized carbons (Fsp3) is 0.652. The molecule has 0 aliphatic rings. The molecule has 1 rings (SSSR count). The lowest BCUT2D eigenvalue weighted by Gasteiger charge is -2.29. The third kappa shape index (κ3) is 15.7. The Kier molecular flexibility index (Phi) is 14.0. The Morgan fingerprint density at radius 2 is 1.48 bits per heavy atom. The minimum Gasteiger partial charge on any atom is -0.481 e. The van der Waals surface area contributed by atoms with E-state index in [-0.39, 0.29) is 24.5 Å². The van der Waals surface area contributed by atoms with Crippen molar-refractivity contribution in [3.05, 3.63) is 35.9 Å². The summed E-state index contributed by atoms with van der Waals surface area (Å²) in [5, 5.41) is 11.9. The van der Waals surface area contributed by atoms with Gasteiger partial charge in [0, 0.05) is 6.42 Å². The highest BCUT2D eigenvalue weighted by atomic mass is 16.4. The minimum absolute atomic E-state index is 0. The highest BCUT2D eigenvalue weighted by Gasteiger charge is 2.22. The van der Waals surface area contributed by atoms with Gasteiger partial charge in [-0.3, -0.25) is 9.59 Å². The van der Waals surface area contributed by atoms with Crippen LogP contribution in [-0.2, 0) is 16.0 Å². The molecule has 0 saturated carbocycles. The van der Waals surface area contributed by atoms with Gasteiger partial charge in [0.25, 0.3) is 0 Å². The second-order valence-electron chi connectivity index (χ2n) is 8.80. The monoisotopic (exact) mass is 408 g/mol. The summed E-state index contributed by atoms with van der Waals surface area (Å²) in [7, 11) is 6.00. The lowest BCUT2D eigenvalue weighted by atomic mass is 10.0. The lowest BCUT2D eigenvalue weighted by Crippen LogP contribution is -2.49. The van der Waals surface area contributed by atoms with Crippen molar-refractivity contribution in [2.75, 3.05) is 27.7 Å². The Hall–Kier alpha value is -1.92. The van der Waals surface area contributed by atoms with Crippen LogP contribution in [0, 0.1) is 0 Å². The van der Waals surface area contributed by atoms with Crippen LogP contribution in [0.15, 0.2) is 30.3 Å². The molecule has 0 bridgehead atoms. The van der Waals surface area contributed by atoms with Gasteiger partial charge in [-0.05, 0) is 24.8 Å². The number of carbonyl (C=O) groups is 2. The predicted molar refractivity (Wildman–Crippen MR) is 119 cm³/mol. The van der Waals surface area contributed by atoms with Crippen LogP contribution in [0.4, 0.5) is 0 Å². The number of aryl methyl sites for hydroxylation is 1. The quantitative estimate of drug-likeness (QED) is 0.299. The molecule has 1 aromatic rings. The zero-order valence-electron chi connectivity index (χ0n) is 18.7. The summed E-state index contributed by atoms with van der Waals surface area (Å²) in [6, 6.07) is 10.3. The van der Waals surface area contributed by atoms with E-state index in [4.69, 9.17) is 5.11 Å².